The maximum atomic E-state index is 12.9. The Morgan fingerprint density at radius 1 is 0.266 bits per heavy atom. The summed E-state index contributed by atoms with van der Waals surface area (Å²) in [5.41, 5.74) is 0. The van der Waals surface area contributed by atoms with Crippen molar-refractivity contribution in [3.05, 3.63) is 146 Å². The molecular weight excluding hydrogens is 973 g/mol. The molecule has 0 aliphatic rings. The van der Waals surface area contributed by atoms with Crippen molar-refractivity contribution in [2.24, 2.45) is 0 Å². The van der Waals surface area contributed by atoms with Crippen LogP contribution in [0.3, 0.4) is 0 Å². The zero-order valence-electron chi connectivity index (χ0n) is 51.1. The first-order valence-electron chi connectivity index (χ1n) is 32.3. The van der Waals surface area contributed by atoms with Gasteiger partial charge in [-0.2, -0.15) is 0 Å². The minimum atomic E-state index is -0.798. The predicted octanol–water partition coefficient (Wildman–Crippen LogP) is 22.3. The zero-order valence-corrected chi connectivity index (χ0v) is 51.1. The third-order valence-electron chi connectivity index (χ3n) is 13.3. The predicted molar refractivity (Wildman–Crippen MR) is 343 cm³/mol. The number of hydrogen-bond acceptors (Lipinski definition) is 6. The summed E-state index contributed by atoms with van der Waals surface area (Å²) in [5, 5.41) is 0. The minimum Gasteiger partial charge on any atom is -0.462 e. The number of allylic oxidation sites excluding steroid dienone is 24. The Labute approximate surface area is 487 Å². The summed E-state index contributed by atoms with van der Waals surface area (Å²) in [4.78, 5) is 38.2. The van der Waals surface area contributed by atoms with Crippen LogP contribution in [-0.4, -0.2) is 37.2 Å². The second-order valence-corrected chi connectivity index (χ2v) is 20.9. The fourth-order valence-corrected chi connectivity index (χ4v) is 8.45. The molecule has 1 atom stereocenters. The number of ether oxygens (including phenoxy) is 3. The van der Waals surface area contributed by atoms with Gasteiger partial charge in [0.15, 0.2) is 6.10 Å². The van der Waals surface area contributed by atoms with Crippen molar-refractivity contribution in [1.82, 2.24) is 0 Å². The molecule has 0 aromatic carbocycles. The number of carbonyl (C=O) groups excluding carboxylic acids is 3. The van der Waals surface area contributed by atoms with E-state index in [2.05, 4.69) is 167 Å². The molecule has 6 nitrogen and oxygen atoms in total. The summed E-state index contributed by atoms with van der Waals surface area (Å²) >= 11 is 0. The molecule has 446 valence electrons. The average Bonchev–Trinajstić information content (AvgIpc) is 3.45. The third kappa shape index (κ3) is 64.0. The third-order valence-corrected chi connectivity index (χ3v) is 13.3. The van der Waals surface area contributed by atoms with Crippen LogP contribution in [0.1, 0.15) is 278 Å². The van der Waals surface area contributed by atoms with Gasteiger partial charge >= 0.3 is 17.9 Å². The lowest BCUT2D eigenvalue weighted by Crippen LogP contribution is -2.30. The summed E-state index contributed by atoms with van der Waals surface area (Å²) < 4.78 is 16.8. The largest absolute Gasteiger partial charge is 0.462 e. The van der Waals surface area contributed by atoms with E-state index in [1.807, 2.05) is 0 Å². The quantitative estimate of drug-likeness (QED) is 0.0261. The lowest BCUT2D eigenvalue weighted by atomic mass is 10.1. The van der Waals surface area contributed by atoms with Crippen molar-refractivity contribution in [2.75, 3.05) is 13.2 Å². The molecule has 0 N–H and O–H groups in total. The normalized spacial score (nSPS) is 13.1. The van der Waals surface area contributed by atoms with Crippen LogP contribution in [0.15, 0.2) is 146 Å². The molecule has 0 saturated heterocycles. The summed E-state index contributed by atoms with van der Waals surface area (Å²) in [6.07, 6.45) is 94.3. The maximum absolute atomic E-state index is 12.9. The van der Waals surface area contributed by atoms with Gasteiger partial charge in [-0.3, -0.25) is 14.4 Å². The number of unbranched alkanes of at least 4 members (excludes halogenated alkanes) is 22. The molecular formula is C73H118O6. The number of carbonyl (C=O) groups is 3. The molecule has 6 heteroatoms. The lowest BCUT2D eigenvalue weighted by Gasteiger charge is -2.18. The van der Waals surface area contributed by atoms with Gasteiger partial charge in [-0.25, -0.2) is 0 Å². The Kier molecular flexibility index (Phi) is 61.9. The van der Waals surface area contributed by atoms with E-state index in [-0.39, 0.29) is 31.1 Å². The second-order valence-electron chi connectivity index (χ2n) is 20.9. The molecule has 0 aliphatic heterocycles. The van der Waals surface area contributed by atoms with Gasteiger partial charge in [-0.15, -0.1) is 0 Å². The van der Waals surface area contributed by atoms with Gasteiger partial charge in [-0.1, -0.05) is 263 Å². The smallest absolute Gasteiger partial charge is 0.306 e. The summed E-state index contributed by atoms with van der Waals surface area (Å²) in [7, 11) is 0. The SMILES string of the molecule is CC/C=C\C/C=C\C/C=C\C/C=C\C/C=C\C/C=C\C/C=C\C/C=C\C/C=C\CCCCCCCCCC(=O)OCC(COC(=O)CCCCCCC/C=C\CCCC)OC(=O)CCCCCCC/C=C\C/C=C\CCCCC. The van der Waals surface area contributed by atoms with Crippen LogP contribution in [0, 0.1) is 0 Å². The van der Waals surface area contributed by atoms with Crippen molar-refractivity contribution < 1.29 is 28.6 Å². The molecule has 0 rings (SSSR count). The van der Waals surface area contributed by atoms with Crippen LogP contribution >= 0.6 is 0 Å². The fraction of sp³-hybridized carbons (Fsp3) is 0.630. The molecule has 79 heavy (non-hydrogen) atoms. The molecule has 0 heterocycles. The topological polar surface area (TPSA) is 78.9 Å². The zero-order chi connectivity index (χ0) is 57.1. The highest BCUT2D eigenvalue weighted by Crippen LogP contribution is 2.14. The van der Waals surface area contributed by atoms with Crippen LogP contribution in [0.25, 0.3) is 0 Å². The van der Waals surface area contributed by atoms with E-state index < -0.39 is 6.10 Å². The highest BCUT2D eigenvalue weighted by Gasteiger charge is 2.19. The van der Waals surface area contributed by atoms with Crippen LogP contribution in [0.4, 0.5) is 0 Å². The lowest BCUT2D eigenvalue weighted by molar-refractivity contribution is -0.167. The fourth-order valence-electron chi connectivity index (χ4n) is 8.45. The van der Waals surface area contributed by atoms with Gasteiger partial charge in [0.2, 0.25) is 0 Å². The minimum absolute atomic E-state index is 0.0949. The van der Waals surface area contributed by atoms with Crippen LogP contribution in [-0.2, 0) is 28.6 Å². The van der Waals surface area contributed by atoms with E-state index in [1.54, 1.807) is 0 Å². The van der Waals surface area contributed by atoms with E-state index >= 15 is 0 Å². The molecule has 0 amide bonds. The Morgan fingerprint density at radius 2 is 0.506 bits per heavy atom. The summed E-state index contributed by atoms with van der Waals surface area (Å²) in [5.74, 6) is -0.931. The van der Waals surface area contributed by atoms with Crippen LogP contribution in [0.2, 0.25) is 0 Å². The van der Waals surface area contributed by atoms with Crippen molar-refractivity contribution in [2.45, 2.75) is 284 Å². The molecule has 0 bridgehead atoms. The molecule has 0 aromatic heterocycles. The van der Waals surface area contributed by atoms with E-state index in [0.29, 0.717) is 19.3 Å². The van der Waals surface area contributed by atoms with E-state index in [9.17, 15) is 14.4 Å². The van der Waals surface area contributed by atoms with E-state index in [4.69, 9.17) is 14.2 Å². The monoisotopic (exact) mass is 1090 g/mol. The van der Waals surface area contributed by atoms with Crippen LogP contribution < -0.4 is 0 Å². The molecule has 0 radical (unpaired) electrons. The maximum Gasteiger partial charge on any atom is 0.306 e. The van der Waals surface area contributed by atoms with Crippen molar-refractivity contribution in [3.8, 4) is 0 Å². The number of esters is 3. The van der Waals surface area contributed by atoms with Crippen molar-refractivity contribution in [3.63, 3.8) is 0 Å². The first kappa shape index (κ1) is 74.3. The molecule has 0 fully saturated rings. The first-order chi connectivity index (χ1) is 39.0. The Hall–Kier alpha value is -4.71. The highest BCUT2D eigenvalue weighted by molar-refractivity contribution is 5.71. The Balaban J connectivity index is 4.25. The van der Waals surface area contributed by atoms with Gasteiger partial charge in [0, 0.05) is 19.3 Å². The number of hydrogen-bond donors (Lipinski definition) is 0. The molecule has 0 aromatic rings. The average molecular weight is 1090 g/mol. The van der Waals surface area contributed by atoms with Gasteiger partial charge in [0.05, 0.1) is 0 Å². The second kappa shape index (κ2) is 65.8. The van der Waals surface area contributed by atoms with Gasteiger partial charge in [0.25, 0.3) is 0 Å². The summed E-state index contributed by atoms with van der Waals surface area (Å²) in [6.45, 7) is 6.43. The Bertz CT molecular complexity index is 1730. The summed E-state index contributed by atoms with van der Waals surface area (Å²) in [6, 6.07) is 0. The van der Waals surface area contributed by atoms with Crippen LogP contribution in [0.5, 0.6) is 0 Å². The van der Waals surface area contributed by atoms with Crippen molar-refractivity contribution in [1.29, 1.82) is 0 Å². The molecule has 0 spiro atoms. The molecule has 1 unspecified atom stereocenters. The Morgan fingerprint density at radius 3 is 0.823 bits per heavy atom. The van der Waals surface area contributed by atoms with Gasteiger partial charge in [-0.05, 0) is 141 Å². The molecule has 0 aliphatic carbocycles. The van der Waals surface area contributed by atoms with Gasteiger partial charge in [0.1, 0.15) is 13.2 Å². The van der Waals surface area contributed by atoms with Crippen molar-refractivity contribution >= 4 is 17.9 Å². The van der Waals surface area contributed by atoms with Gasteiger partial charge < -0.3 is 14.2 Å². The first-order valence-corrected chi connectivity index (χ1v) is 32.3. The highest BCUT2D eigenvalue weighted by atomic mass is 16.6. The standard InChI is InChI=1S/C73H118O6/c1-4-7-10-13-16-19-22-24-26-27-28-29-30-31-32-33-34-35-36-37-38-39-40-41-42-43-44-45-47-48-51-54-57-60-63-66-72(75)78-69-70(68-77-71(74)65-62-59-56-53-50-21-18-15-12-9-6-3)79-73(76)67-64-61-58-55-52-49-46-25-23-20-17-14-11-8-5-2/h7,10,15-20,24-26,28-29,31-32,34-35,37-38,40-41,43-44,46,70H,4-6,8-9,11-14,21-23,27,30,33,36,39,42,45,47-69H2,1-3H3/b10-7-,18-15-,19-16-,20-17-,26-24-,29-28-,32-31-,35-34-,38-37-,41-40-,44-43-,46-25-. The van der Waals surface area contributed by atoms with E-state index in [1.165, 1.54) is 77.0 Å². The molecule has 0 saturated carbocycles. The van der Waals surface area contributed by atoms with E-state index in [0.717, 1.165) is 161 Å². The number of rotatable bonds is 57.